The number of nitrogens with zero attached hydrogens (tertiary/aromatic N) is 5. The Bertz CT molecular complexity index is 1250. The number of amides is 1. The van der Waals surface area contributed by atoms with E-state index in [0.29, 0.717) is 33.5 Å². The van der Waals surface area contributed by atoms with Gasteiger partial charge >= 0.3 is 0 Å². The maximum atomic E-state index is 12.2. The first-order valence-electron chi connectivity index (χ1n) is 9.51. The highest BCUT2D eigenvalue weighted by molar-refractivity contribution is 6.30. The fraction of sp³-hybridized carbons (Fsp3) is 0.136. The maximum Gasteiger partial charge on any atom is 0.278 e. The van der Waals surface area contributed by atoms with Gasteiger partial charge in [-0.1, -0.05) is 41.9 Å². The summed E-state index contributed by atoms with van der Waals surface area (Å²) in [5.41, 5.74) is 5.44. The zero-order valence-corrected chi connectivity index (χ0v) is 17.7. The number of para-hydroxylation sites is 1. The Hall–Kier alpha value is -3.78. The molecule has 31 heavy (non-hydrogen) atoms. The van der Waals surface area contributed by atoms with E-state index in [1.165, 1.54) is 6.21 Å². The van der Waals surface area contributed by atoms with Gasteiger partial charge in [0.15, 0.2) is 12.3 Å². The van der Waals surface area contributed by atoms with Crippen LogP contribution in [-0.4, -0.2) is 38.5 Å². The number of ether oxygens (including phenoxy) is 1. The van der Waals surface area contributed by atoms with Crippen LogP contribution in [0.3, 0.4) is 0 Å². The predicted molar refractivity (Wildman–Crippen MR) is 119 cm³/mol. The number of nitrogens with one attached hydrogen (secondary N) is 1. The molecular formula is C22H19ClN6O2. The van der Waals surface area contributed by atoms with E-state index in [4.69, 9.17) is 16.3 Å². The Balaban J connectivity index is 1.50. The maximum absolute atomic E-state index is 12.2. The molecule has 4 aromatic rings. The Morgan fingerprint density at radius 1 is 1.13 bits per heavy atom. The summed E-state index contributed by atoms with van der Waals surface area (Å²) >= 11 is 5.85. The fourth-order valence-corrected chi connectivity index (χ4v) is 3.12. The number of benzene rings is 2. The van der Waals surface area contributed by atoms with Crippen molar-refractivity contribution in [2.45, 2.75) is 13.8 Å². The number of hydrogen-bond donors (Lipinski definition) is 1. The molecule has 0 saturated heterocycles. The van der Waals surface area contributed by atoms with Gasteiger partial charge in [0.05, 0.1) is 17.6 Å². The third-order valence-corrected chi connectivity index (χ3v) is 4.65. The minimum absolute atomic E-state index is 0.251. The van der Waals surface area contributed by atoms with Gasteiger partial charge in [-0.2, -0.15) is 15.2 Å². The van der Waals surface area contributed by atoms with Gasteiger partial charge in [0, 0.05) is 5.02 Å². The van der Waals surface area contributed by atoms with Gasteiger partial charge < -0.3 is 4.74 Å². The molecule has 0 aliphatic rings. The van der Waals surface area contributed by atoms with Crippen molar-refractivity contribution in [3.63, 3.8) is 0 Å². The van der Waals surface area contributed by atoms with Gasteiger partial charge in [-0.05, 0) is 43.7 Å². The fourth-order valence-electron chi connectivity index (χ4n) is 3.00. The number of carbonyl (C=O) groups excluding carboxylic acids is 1. The molecule has 0 unspecified atom stereocenters. The smallest absolute Gasteiger partial charge is 0.278 e. The zero-order valence-electron chi connectivity index (χ0n) is 16.9. The molecule has 0 fully saturated rings. The Morgan fingerprint density at radius 3 is 2.61 bits per heavy atom. The third-order valence-electron chi connectivity index (χ3n) is 4.39. The van der Waals surface area contributed by atoms with Crippen LogP contribution >= 0.6 is 11.6 Å². The van der Waals surface area contributed by atoms with E-state index in [1.807, 2.05) is 37.3 Å². The third kappa shape index (κ3) is 4.70. The second kappa shape index (κ2) is 8.93. The standard InChI is InChI=1S/C22H19ClN6O2/c1-14-20-21(29(28-14)18-6-4-3-5-7-18)25-15(2)26-22(20)31-13-19(30)27-24-12-16-8-10-17(23)11-9-16/h3-12H,13H2,1-2H3,(H,27,30)/b24-12+. The topological polar surface area (TPSA) is 94.3 Å². The Labute approximate surface area is 183 Å². The second-order valence-corrected chi connectivity index (χ2v) is 7.18. The molecule has 0 aliphatic heterocycles. The lowest BCUT2D eigenvalue weighted by Crippen LogP contribution is -2.25. The summed E-state index contributed by atoms with van der Waals surface area (Å²) in [5, 5.41) is 9.80. The van der Waals surface area contributed by atoms with Crippen LogP contribution < -0.4 is 10.2 Å². The molecule has 2 heterocycles. The van der Waals surface area contributed by atoms with E-state index < -0.39 is 5.91 Å². The van der Waals surface area contributed by atoms with E-state index in [9.17, 15) is 4.79 Å². The van der Waals surface area contributed by atoms with Crippen LogP contribution in [0.25, 0.3) is 16.7 Å². The highest BCUT2D eigenvalue weighted by Crippen LogP contribution is 2.27. The van der Waals surface area contributed by atoms with Crippen molar-refractivity contribution >= 4 is 34.8 Å². The number of hydrogen-bond acceptors (Lipinski definition) is 6. The molecule has 9 heteroatoms. The molecule has 2 aromatic heterocycles. The molecule has 4 rings (SSSR count). The Kier molecular flexibility index (Phi) is 5.90. The highest BCUT2D eigenvalue weighted by atomic mass is 35.5. The van der Waals surface area contributed by atoms with Crippen LogP contribution in [0.2, 0.25) is 5.02 Å². The Morgan fingerprint density at radius 2 is 1.87 bits per heavy atom. The first kappa shape index (κ1) is 20.5. The number of aryl methyl sites for hydroxylation is 2. The molecule has 1 N–H and O–H groups in total. The summed E-state index contributed by atoms with van der Waals surface area (Å²) < 4.78 is 7.44. The van der Waals surface area contributed by atoms with Crippen LogP contribution in [0.15, 0.2) is 59.7 Å². The quantitative estimate of drug-likeness (QED) is 0.369. The lowest BCUT2D eigenvalue weighted by molar-refractivity contribution is -0.123. The lowest BCUT2D eigenvalue weighted by Gasteiger charge is -2.07. The molecule has 0 radical (unpaired) electrons. The molecule has 0 saturated carbocycles. The molecular weight excluding hydrogens is 416 g/mol. The van der Waals surface area contributed by atoms with E-state index >= 15 is 0 Å². The monoisotopic (exact) mass is 434 g/mol. The number of aromatic nitrogens is 4. The van der Waals surface area contributed by atoms with Crippen LogP contribution in [0.4, 0.5) is 0 Å². The molecule has 0 aliphatic carbocycles. The van der Waals surface area contributed by atoms with Gasteiger partial charge in [0.1, 0.15) is 11.2 Å². The summed E-state index contributed by atoms with van der Waals surface area (Å²) in [5.74, 6) is 0.405. The SMILES string of the molecule is Cc1nc(OCC(=O)N/N=C/c2ccc(Cl)cc2)c2c(C)nn(-c3ccccc3)c2n1. The summed E-state index contributed by atoms with van der Waals surface area (Å²) in [6.07, 6.45) is 1.52. The molecule has 0 bridgehead atoms. The molecule has 0 spiro atoms. The first-order valence-corrected chi connectivity index (χ1v) is 9.89. The van der Waals surface area contributed by atoms with E-state index in [1.54, 1.807) is 35.9 Å². The van der Waals surface area contributed by atoms with Crippen LogP contribution in [0, 0.1) is 13.8 Å². The average Bonchev–Trinajstić information content (AvgIpc) is 3.10. The van der Waals surface area contributed by atoms with Crippen molar-refractivity contribution < 1.29 is 9.53 Å². The summed E-state index contributed by atoms with van der Waals surface area (Å²) in [7, 11) is 0. The summed E-state index contributed by atoms with van der Waals surface area (Å²) in [4.78, 5) is 21.0. The number of rotatable bonds is 6. The van der Waals surface area contributed by atoms with Gasteiger partial charge in [0.25, 0.3) is 5.91 Å². The largest absolute Gasteiger partial charge is 0.467 e. The molecule has 2 aromatic carbocycles. The van der Waals surface area contributed by atoms with Gasteiger partial charge in [-0.25, -0.2) is 15.1 Å². The van der Waals surface area contributed by atoms with Crippen molar-refractivity contribution in [1.29, 1.82) is 0 Å². The van der Waals surface area contributed by atoms with Crippen molar-refractivity contribution in [3.8, 4) is 11.6 Å². The normalized spacial score (nSPS) is 11.2. The van der Waals surface area contributed by atoms with E-state index in [0.717, 1.165) is 11.3 Å². The van der Waals surface area contributed by atoms with Gasteiger partial charge in [0.2, 0.25) is 5.88 Å². The van der Waals surface area contributed by atoms with Gasteiger partial charge in [-0.3, -0.25) is 4.79 Å². The van der Waals surface area contributed by atoms with Crippen LogP contribution in [0.5, 0.6) is 5.88 Å². The van der Waals surface area contributed by atoms with Crippen molar-refractivity contribution in [2.24, 2.45) is 5.10 Å². The summed E-state index contributed by atoms with van der Waals surface area (Å²) in [6.45, 7) is 3.36. The number of hydrazone groups is 1. The molecule has 156 valence electrons. The van der Waals surface area contributed by atoms with E-state index in [2.05, 4.69) is 25.6 Å². The average molecular weight is 435 g/mol. The highest BCUT2D eigenvalue weighted by Gasteiger charge is 2.18. The number of halogens is 1. The molecule has 8 nitrogen and oxygen atoms in total. The van der Waals surface area contributed by atoms with Crippen molar-refractivity contribution in [2.75, 3.05) is 6.61 Å². The van der Waals surface area contributed by atoms with Crippen LogP contribution in [-0.2, 0) is 4.79 Å². The molecule has 1 amide bonds. The minimum Gasteiger partial charge on any atom is -0.467 e. The summed E-state index contributed by atoms with van der Waals surface area (Å²) in [6, 6.07) is 16.8. The first-order chi connectivity index (χ1) is 15.0. The second-order valence-electron chi connectivity index (χ2n) is 6.74. The number of fused-ring (bicyclic) bond motifs is 1. The van der Waals surface area contributed by atoms with Crippen molar-refractivity contribution in [1.82, 2.24) is 25.2 Å². The van der Waals surface area contributed by atoms with Gasteiger partial charge in [-0.15, -0.1) is 0 Å². The van der Waals surface area contributed by atoms with E-state index in [-0.39, 0.29) is 6.61 Å². The van der Waals surface area contributed by atoms with Crippen molar-refractivity contribution in [3.05, 3.63) is 76.7 Å². The minimum atomic E-state index is -0.414. The lowest BCUT2D eigenvalue weighted by atomic mass is 10.2. The van der Waals surface area contributed by atoms with Crippen LogP contribution in [0.1, 0.15) is 17.1 Å². The molecule has 0 atom stereocenters. The number of carbonyl (C=O) groups is 1. The zero-order chi connectivity index (χ0) is 21.8. The predicted octanol–water partition coefficient (Wildman–Crippen LogP) is 3.61.